The number of aliphatic hydroxyl groups is 1. The average Bonchev–Trinajstić information content (AvgIpc) is 3.22. The molecule has 0 radical (unpaired) electrons. The van der Waals surface area contributed by atoms with Gasteiger partial charge in [-0.2, -0.15) is 0 Å². The Hall–Kier alpha value is -1.54. The first-order chi connectivity index (χ1) is 13.5. The van der Waals surface area contributed by atoms with Crippen LogP contribution in [0.1, 0.15) is 60.2 Å². The molecule has 0 aliphatic carbocycles. The third-order valence-corrected chi connectivity index (χ3v) is 11.9. The molecule has 0 aliphatic rings. The number of aliphatic hydroxyl groups excluding tert-OH is 1. The molecule has 3 rings (SSSR count). The van der Waals surface area contributed by atoms with Crippen LogP contribution in [0.15, 0.2) is 18.2 Å². The summed E-state index contributed by atoms with van der Waals surface area (Å²) in [6.07, 6.45) is -0.670. The number of hydrogen-bond acceptors (Lipinski definition) is 5. The topological polar surface area (TPSA) is 60.2 Å². The number of fused-ring (bicyclic) bond motifs is 1. The minimum atomic E-state index is -1.81. The lowest BCUT2D eigenvalue weighted by atomic mass is 10.0. The van der Waals surface area contributed by atoms with Gasteiger partial charge in [0.25, 0.3) is 0 Å². The van der Waals surface area contributed by atoms with Gasteiger partial charge in [0.2, 0.25) is 0 Å². The van der Waals surface area contributed by atoms with E-state index in [1.54, 1.807) is 11.3 Å². The van der Waals surface area contributed by atoms with E-state index in [0.29, 0.717) is 6.61 Å². The third-order valence-electron chi connectivity index (χ3n) is 6.28. The van der Waals surface area contributed by atoms with Crippen LogP contribution >= 0.6 is 11.3 Å². The van der Waals surface area contributed by atoms with E-state index in [4.69, 9.17) is 4.43 Å². The van der Waals surface area contributed by atoms with Crippen LogP contribution < -0.4 is 0 Å². The Bertz CT molecular complexity index is 1020. The molecule has 29 heavy (non-hydrogen) atoms. The van der Waals surface area contributed by atoms with Crippen molar-refractivity contribution in [1.29, 1.82) is 0 Å². The highest BCUT2D eigenvalue weighted by atomic mass is 32.1. The van der Waals surface area contributed by atoms with Gasteiger partial charge in [0.05, 0.1) is 12.1 Å². The van der Waals surface area contributed by atoms with Gasteiger partial charge in [0, 0.05) is 16.3 Å². The molecule has 7 heteroatoms. The van der Waals surface area contributed by atoms with Crippen molar-refractivity contribution < 1.29 is 9.53 Å². The summed E-state index contributed by atoms with van der Waals surface area (Å²) in [6, 6.07) is 6.11. The second-order valence-corrected chi connectivity index (χ2v) is 15.3. The molecular formula is C22H33N3O2SSi. The number of rotatable bonds is 6. The van der Waals surface area contributed by atoms with Crippen LogP contribution in [0.3, 0.4) is 0 Å². The lowest BCUT2D eigenvalue weighted by molar-refractivity contribution is 0.223. The minimum Gasteiger partial charge on any atom is -0.413 e. The highest BCUT2D eigenvalue weighted by Crippen LogP contribution is 2.39. The molecule has 5 nitrogen and oxygen atoms in total. The number of benzene rings is 1. The Morgan fingerprint density at radius 1 is 1.24 bits per heavy atom. The third kappa shape index (κ3) is 4.19. The van der Waals surface area contributed by atoms with E-state index in [9.17, 15) is 5.11 Å². The van der Waals surface area contributed by atoms with Crippen LogP contribution in [0.4, 0.5) is 0 Å². The van der Waals surface area contributed by atoms with Crippen molar-refractivity contribution in [2.24, 2.45) is 0 Å². The van der Waals surface area contributed by atoms with E-state index in [2.05, 4.69) is 57.2 Å². The van der Waals surface area contributed by atoms with Crippen LogP contribution in [0.2, 0.25) is 18.1 Å². The maximum Gasteiger partial charge on any atom is 0.192 e. The van der Waals surface area contributed by atoms with E-state index in [1.165, 1.54) is 10.4 Å². The Morgan fingerprint density at radius 2 is 1.93 bits per heavy atom. The van der Waals surface area contributed by atoms with Crippen molar-refractivity contribution in [2.75, 3.05) is 0 Å². The largest absolute Gasteiger partial charge is 0.413 e. The fraction of sp³-hybridized carbons (Fsp3) is 0.545. The number of aromatic nitrogens is 3. The zero-order valence-electron chi connectivity index (χ0n) is 18.8. The maximum absolute atomic E-state index is 11.1. The molecule has 0 saturated carbocycles. The molecule has 3 aromatic rings. The molecule has 158 valence electrons. The summed E-state index contributed by atoms with van der Waals surface area (Å²) >= 11 is 1.64. The fourth-order valence-corrected chi connectivity index (χ4v) is 5.16. The molecule has 0 fully saturated rings. The van der Waals surface area contributed by atoms with E-state index < -0.39 is 14.4 Å². The summed E-state index contributed by atoms with van der Waals surface area (Å²) in [6.45, 7) is 18.8. The van der Waals surface area contributed by atoms with Gasteiger partial charge in [-0.1, -0.05) is 32.1 Å². The maximum atomic E-state index is 11.1. The quantitative estimate of drug-likeness (QED) is 0.506. The van der Waals surface area contributed by atoms with Crippen LogP contribution in [0, 0.1) is 13.8 Å². The number of hydrogen-bond donors (Lipinski definition) is 1. The summed E-state index contributed by atoms with van der Waals surface area (Å²) in [4.78, 5) is 2.15. The van der Waals surface area contributed by atoms with E-state index in [0.717, 1.165) is 33.6 Å². The predicted octanol–water partition coefficient (Wildman–Crippen LogP) is 5.73. The monoisotopic (exact) mass is 431 g/mol. The zero-order chi connectivity index (χ0) is 21.6. The Kier molecular flexibility index (Phi) is 6.07. The highest BCUT2D eigenvalue weighted by molar-refractivity contribution is 7.12. The number of nitrogens with zero attached hydrogens (tertiary/aromatic N) is 3. The Labute approximate surface area is 178 Å². The van der Waals surface area contributed by atoms with Crippen molar-refractivity contribution in [3.63, 3.8) is 0 Å². The van der Waals surface area contributed by atoms with Crippen LogP contribution in [-0.2, 0) is 17.6 Å². The number of aryl methyl sites for hydroxylation is 3. The summed E-state index contributed by atoms with van der Waals surface area (Å²) in [5.74, 6) is 0. The van der Waals surface area contributed by atoms with E-state index >= 15 is 0 Å². The van der Waals surface area contributed by atoms with Crippen molar-refractivity contribution in [2.45, 2.75) is 78.9 Å². The fourth-order valence-electron chi connectivity index (χ4n) is 3.16. The lowest BCUT2D eigenvalue weighted by Crippen LogP contribution is -2.40. The van der Waals surface area contributed by atoms with Gasteiger partial charge in [-0.3, -0.25) is 0 Å². The molecule has 0 aliphatic heterocycles. The molecule has 1 aromatic carbocycles. The van der Waals surface area contributed by atoms with Gasteiger partial charge in [0.15, 0.2) is 8.32 Å². The molecule has 2 aromatic heterocycles. The molecule has 1 atom stereocenters. The van der Waals surface area contributed by atoms with Gasteiger partial charge in [-0.15, -0.1) is 16.4 Å². The first-order valence-corrected chi connectivity index (χ1v) is 13.9. The van der Waals surface area contributed by atoms with Crippen LogP contribution in [0.5, 0.6) is 0 Å². The van der Waals surface area contributed by atoms with Crippen molar-refractivity contribution in [3.05, 3.63) is 44.6 Å². The normalized spacial score (nSPS) is 14.0. The smallest absolute Gasteiger partial charge is 0.192 e. The standard InChI is InChI=1S/C22H33N3O2SSi/c1-9-25-18-11-10-17(14(2)20(18)23-24-25)21(26)19-12-16(15(3)28-19)13-27-29(7,8)22(4,5)6/h10-12,21,26H,9,13H2,1-8H3. The van der Waals surface area contributed by atoms with Crippen molar-refractivity contribution >= 4 is 30.7 Å². The molecule has 2 heterocycles. The summed E-state index contributed by atoms with van der Waals surface area (Å²) < 4.78 is 8.28. The molecule has 1 unspecified atom stereocenters. The second-order valence-electron chi connectivity index (χ2n) is 9.23. The Morgan fingerprint density at radius 3 is 2.55 bits per heavy atom. The van der Waals surface area contributed by atoms with Gasteiger partial charge in [0.1, 0.15) is 11.6 Å². The van der Waals surface area contributed by atoms with Gasteiger partial charge >= 0.3 is 0 Å². The molecule has 0 saturated heterocycles. The first kappa shape index (κ1) is 22.1. The van der Waals surface area contributed by atoms with Gasteiger partial charge in [-0.25, -0.2) is 4.68 Å². The summed E-state index contributed by atoms with van der Waals surface area (Å²) in [7, 11) is -1.81. The lowest BCUT2D eigenvalue weighted by Gasteiger charge is -2.36. The first-order valence-electron chi connectivity index (χ1n) is 10.2. The summed E-state index contributed by atoms with van der Waals surface area (Å²) in [5.41, 5.74) is 4.91. The molecule has 0 spiro atoms. The minimum absolute atomic E-state index is 0.182. The predicted molar refractivity (Wildman–Crippen MR) is 123 cm³/mol. The zero-order valence-corrected chi connectivity index (χ0v) is 20.6. The van der Waals surface area contributed by atoms with E-state index in [1.807, 2.05) is 30.7 Å². The molecular weight excluding hydrogens is 398 g/mol. The Balaban J connectivity index is 1.86. The highest BCUT2D eigenvalue weighted by Gasteiger charge is 2.37. The van der Waals surface area contributed by atoms with Crippen molar-refractivity contribution in [1.82, 2.24) is 15.0 Å². The van der Waals surface area contributed by atoms with Crippen molar-refractivity contribution in [3.8, 4) is 0 Å². The van der Waals surface area contributed by atoms with E-state index in [-0.39, 0.29) is 5.04 Å². The average molecular weight is 432 g/mol. The van der Waals surface area contributed by atoms with Crippen LogP contribution in [-0.4, -0.2) is 28.4 Å². The van der Waals surface area contributed by atoms with Gasteiger partial charge in [-0.05, 0) is 67.7 Å². The number of thiophene rings is 1. The van der Waals surface area contributed by atoms with Gasteiger partial charge < -0.3 is 9.53 Å². The molecule has 1 N–H and O–H groups in total. The SMILES string of the molecule is CCn1nnc2c(C)c(C(O)c3cc(CO[Si](C)(C)C(C)(C)C)c(C)s3)ccc21. The molecule has 0 amide bonds. The summed E-state index contributed by atoms with van der Waals surface area (Å²) in [5, 5.41) is 19.8. The van der Waals surface area contributed by atoms with Crippen LogP contribution in [0.25, 0.3) is 11.0 Å². The second kappa shape index (κ2) is 7.94. The molecule has 0 bridgehead atoms.